The Balaban J connectivity index is 1.70. The molecule has 3 nitrogen and oxygen atoms in total. The van der Waals surface area contributed by atoms with Crippen molar-refractivity contribution >= 4 is 5.91 Å². The van der Waals surface area contributed by atoms with Crippen molar-refractivity contribution in [2.24, 2.45) is 5.92 Å². The summed E-state index contributed by atoms with van der Waals surface area (Å²) in [5, 5.41) is 3.38. The molecule has 3 rings (SSSR count). The van der Waals surface area contributed by atoms with Crippen molar-refractivity contribution in [1.82, 2.24) is 10.2 Å². The highest BCUT2D eigenvalue weighted by Crippen LogP contribution is 2.20. The molecular weight excluding hydrogens is 224 g/mol. The van der Waals surface area contributed by atoms with Gasteiger partial charge in [0, 0.05) is 19.6 Å². The first-order chi connectivity index (χ1) is 8.74. The number of likely N-dealkylation sites (tertiary alicyclic amines) is 1. The summed E-state index contributed by atoms with van der Waals surface area (Å²) in [5.41, 5.74) is 2.65. The van der Waals surface area contributed by atoms with E-state index in [0.29, 0.717) is 5.92 Å². The van der Waals surface area contributed by atoms with Crippen LogP contribution in [0.2, 0.25) is 0 Å². The van der Waals surface area contributed by atoms with Gasteiger partial charge in [-0.3, -0.25) is 4.79 Å². The van der Waals surface area contributed by atoms with Crippen LogP contribution in [-0.4, -0.2) is 29.9 Å². The molecule has 2 aliphatic rings. The van der Waals surface area contributed by atoms with E-state index in [1.165, 1.54) is 11.1 Å². The summed E-state index contributed by atoms with van der Waals surface area (Å²) in [5.74, 6) is 0.943. The van der Waals surface area contributed by atoms with Crippen LogP contribution in [0.15, 0.2) is 24.3 Å². The van der Waals surface area contributed by atoms with E-state index >= 15 is 0 Å². The third kappa shape index (κ3) is 2.15. The predicted octanol–water partition coefficient (Wildman–Crippen LogP) is 1.57. The zero-order chi connectivity index (χ0) is 12.5. The van der Waals surface area contributed by atoms with Gasteiger partial charge >= 0.3 is 0 Å². The highest BCUT2D eigenvalue weighted by atomic mass is 16.2. The molecule has 1 amide bonds. The minimum absolute atomic E-state index is 0.0230. The van der Waals surface area contributed by atoms with Crippen molar-refractivity contribution in [3.8, 4) is 0 Å². The van der Waals surface area contributed by atoms with Crippen LogP contribution in [0.4, 0.5) is 0 Å². The normalized spacial score (nSPS) is 27.1. The molecule has 96 valence electrons. The van der Waals surface area contributed by atoms with Crippen LogP contribution >= 0.6 is 0 Å². The molecule has 2 unspecified atom stereocenters. The summed E-state index contributed by atoms with van der Waals surface area (Å²) in [7, 11) is 0. The van der Waals surface area contributed by atoms with Gasteiger partial charge in [0.1, 0.15) is 0 Å². The largest absolute Gasteiger partial charge is 0.341 e. The van der Waals surface area contributed by atoms with E-state index in [1.54, 1.807) is 0 Å². The Morgan fingerprint density at radius 1 is 1.33 bits per heavy atom. The van der Waals surface area contributed by atoms with Crippen molar-refractivity contribution in [2.45, 2.75) is 32.4 Å². The summed E-state index contributed by atoms with van der Waals surface area (Å²) in [4.78, 5) is 14.4. The lowest BCUT2D eigenvalue weighted by atomic mass is 9.95. The van der Waals surface area contributed by atoms with E-state index < -0.39 is 0 Å². The smallest absolute Gasteiger partial charge is 0.240 e. The lowest BCUT2D eigenvalue weighted by Gasteiger charge is -2.28. The number of carbonyl (C=O) groups is 1. The van der Waals surface area contributed by atoms with Crippen molar-refractivity contribution in [1.29, 1.82) is 0 Å². The maximum atomic E-state index is 12.4. The number of carbonyl (C=O) groups excluding carboxylic acids is 1. The van der Waals surface area contributed by atoms with Crippen LogP contribution in [0, 0.1) is 5.92 Å². The molecule has 1 aromatic rings. The van der Waals surface area contributed by atoms with Crippen molar-refractivity contribution < 1.29 is 4.79 Å². The highest BCUT2D eigenvalue weighted by molar-refractivity contribution is 5.82. The molecule has 18 heavy (non-hydrogen) atoms. The molecule has 0 bridgehead atoms. The third-order valence-electron chi connectivity index (χ3n) is 4.11. The quantitative estimate of drug-likeness (QED) is 0.813. The lowest BCUT2D eigenvalue weighted by Crippen LogP contribution is -2.48. The Morgan fingerprint density at radius 3 is 2.83 bits per heavy atom. The van der Waals surface area contributed by atoms with Crippen LogP contribution in [0.5, 0.6) is 0 Å². The standard InChI is InChI=1S/C15H20N2O/c1-11-6-7-17(10-11)15(18)14-8-12-4-2-3-5-13(12)9-16-14/h2-5,11,14,16H,6-10H2,1H3. The van der Waals surface area contributed by atoms with E-state index in [1.807, 2.05) is 4.90 Å². The van der Waals surface area contributed by atoms with Gasteiger partial charge in [0.05, 0.1) is 6.04 Å². The summed E-state index contributed by atoms with van der Waals surface area (Å²) in [6, 6.07) is 8.38. The van der Waals surface area contributed by atoms with Gasteiger partial charge in [-0.1, -0.05) is 31.2 Å². The topological polar surface area (TPSA) is 32.3 Å². The second-order valence-corrected chi connectivity index (χ2v) is 5.58. The van der Waals surface area contributed by atoms with E-state index in [4.69, 9.17) is 0 Å². The first kappa shape index (κ1) is 11.7. The van der Waals surface area contributed by atoms with Gasteiger partial charge in [0.2, 0.25) is 5.91 Å². The molecule has 0 aromatic heterocycles. The van der Waals surface area contributed by atoms with Gasteiger partial charge in [-0.15, -0.1) is 0 Å². The van der Waals surface area contributed by atoms with Gasteiger partial charge in [-0.25, -0.2) is 0 Å². The molecule has 0 aliphatic carbocycles. The second kappa shape index (κ2) is 4.73. The SMILES string of the molecule is CC1CCN(C(=O)C2Cc3ccccc3CN2)C1. The molecule has 2 atom stereocenters. The fourth-order valence-corrected chi connectivity index (χ4v) is 2.98. The van der Waals surface area contributed by atoms with Crippen molar-refractivity contribution in [3.63, 3.8) is 0 Å². The van der Waals surface area contributed by atoms with Gasteiger partial charge in [0.15, 0.2) is 0 Å². The number of rotatable bonds is 1. The first-order valence-corrected chi connectivity index (χ1v) is 6.83. The Bertz CT molecular complexity index is 458. The maximum Gasteiger partial charge on any atom is 0.240 e. The first-order valence-electron chi connectivity index (χ1n) is 6.83. The van der Waals surface area contributed by atoms with Crippen molar-refractivity contribution in [2.75, 3.05) is 13.1 Å². The number of amides is 1. The minimum atomic E-state index is -0.0230. The molecule has 1 aromatic carbocycles. The van der Waals surface area contributed by atoms with E-state index in [9.17, 15) is 4.79 Å². The van der Waals surface area contributed by atoms with Gasteiger partial charge < -0.3 is 10.2 Å². The zero-order valence-corrected chi connectivity index (χ0v) is 10.9. The van der Waals surface area contributed by atoms with Gasteiger partial charge in [0.25, 0.3) is 0 Å². The minimum Gasteiger partial charge on any atom is -0.341 e. The Hall–Kier alpha value is -1.35. The lowest BCUT2D eigenvalue weighted by molar-refractivity contribution is -0.132. The summed E-state index contributed by atoms with van der Waals surface area (Å²) < 4.78 is 0. The van der Waals surface area contributed by atoms with Gasteiger partial charge in [-0.2, -0.15) is 0 Å². The molecule has 3 heteroatoms. The monoisotopic (exact) mass is 244 g/mol. The molecule has 2 heterocycles. The highest BCUT2D eigenvalue weighted by Gasteiger charge is 2.31. The summed E-state index contributed by atoms with van der Waals surface area (Å²) in [6.07, 6.45) is 1.98. The van der Waals surface area contributed by atoms with E-state index in [-0.39, 0.29) is 11.9 Å². The molecule has 1 fully saturated rings. The Kier molecular flexibility index (Phi) is 3.08. The number of nitrogens with one attached hydrogen (secondary N) is 1. The average molecular weight is 244 g/mol. The second-order valence-electron chi connectivity index (χ2n) is 5.58. The van der Waals surface area contributed by atoms with E-state index in [0.717, 1.165) is 32.5 Å². The summed E-state index contributed by atoms with van der Waals surface area (Å²) >= 11 is 0. The molecule has 2 aliphatic heterocycles. The fourth-order valence-electron chi connectivity index (χ4n) is 2.98. The molecule has 1 N–H and O–H groups in total. The summed E-state index contributed by atoms with van der Waals surface area (Å²) in [6.45, 7) is 4.89. The van der Waals surface area contributed by atoms with E-state index in [2.05, 4.69) is 36.5 Å². The number of nitrogens with zero attached hydrogens (tertiary/aromatic N) is 1. The van der Waals surface area contributed by atoms with Gasteiger partial charge in [-0.05, 0) is 29.9 Å². The number of hydrogen-bond donors (Lipinski definition) is 1. The predicted molar refractivity (Wildman–Crippen MR) is 71.1 cm³/mol. The number of benzene rings is 1. The maximum absolute atomic E-state index is 12.4. The van der Waals surface area contributed by atoms with Crippen LogP contribution in [-0.2, 0) is 17.8 Å². The van der Waals surface area contributed by atoms with Crippen LogP contribution in [0.25, 0.3) is 0 Å². The molecule has 0 saturated carbocycles. The molecular formula is C15H20N2O. The van der Waals surface area contributed by atoms with Crippen LogP contribution < -0.4 is 5.32 Å². The molecule has 1 saturated heterocycles. The number of fused-ring (bicyclic) bond motifs is 1. The third-order valence-corrected chi connectivity index (χ3v) is 4.11. The fraction of sp³-hybridized carbons (Fsp3) is 0.533. The zero-order valence-electron chi connectivity index (χ0n) is 10.9. The number of hydrogen-bond acceptors (Lipinski definition) is 2. The molecule has 0 spiro atoms. The van der Waals surface area contributed by atoms with Crippen molar-refractivity contribution in [3.05, 3.63) is 35.4 Å². The Labute approximate surface area is 108 Å². The average Bonchev–Trinajstić information content (AvgIpc) is 2.84. The molecule has 0 radical (unpaired) electrons. The Morgan fingerprint density at radius 2 is 2.11 bits per heavy atom. The van der Waals surface area contributed by atoms with Crippen LogP contribution in [0.1, 0.15) is 24.5 Å². The van der Waals surface area contributed by atoms with Crippen LogP contribution in [0.3, 0.4) is 0 Å².